The number of thiazole rings is 1. The minimum Gasteiger partial charge on any atom is -0.444 e. The SMILES string of the molecule is CC(C)(C)OC(=O)NCC1CCN(Cc2nc3ccccc3s2)CC1. The molecule has 1 amide bonds. The number of carbonyl (C=O) groups is 1. The Morgan fingerprint density at radius 3 is 2.72 bits per heavy atom. The summed E-state index contributed by atoms with van der Waals surface area (Å²) in [5.41, 5.74) is 0.656. The molecule has 6 heteroatoms. The lowest BCUT2D eigenvalue weighted by atomic mass is 9.97. The van der Waals surface area contributed by atoms with Crippen molar-refractivity contribution >= 4 is 27.6 Å². The van der Waals surface area contributed by atoms with Gasteiger partial charge in [0.05, 0.1) is 16.8 Å². The Hall–Kier alpha value is -1.66. The largest absolute Gasteiger partial charge is 0.444 e. The van der Waals surface area contributed by atoms with Crippen molar-refractivity contribution in [2.24, 2.45) is 5.92 Å². The number of fused-ring (bicyclic) bond motifs is 1. The van der Waals surface area contributed by atoms with Gasteiger partial charge in [-0.3, -0.25) is 4.90 Å². The molecule has 2 heterocycles. The molecule has 2 aromatic rings. The van der Waals surface area contributed by atoms with Crippen LogP contribution in [0.5, 0.6) is 0 Å². The highest BCUT2D eigenvalue weighted by Crippen LogP contribution is 2.24. The normalized spacial score (nSPS) is 16.9. The van der Waals surface area contributed by atoms with Crippen LogP contribution in [0.2, 0.25) is 0 Å². The van der Waals surface area contributed by atoms with Crippen molar-refractivity contribution in [2.45, 2.75) is 45.8 Å². The van der Waals surface area contributed by atoms with E-state index in [4.69, 9.17) is 9.72 Å². The van der Waals surface area contributed by atoms with Gasteiger partial charge in [0, 0.05) is 6.54 Å². The van der Waals surface area contributed by atoms with Gasteiger partial charge >= 0.3 is 6.09 Å². The molecule has 1 saturated heterocycles. The van der Waals surface area contributed by atoms with Crippen molar-refractivity contribution < 1.29 is 9.53 Å². The number of hydrogen-bond acceptors (Lipinski definition) is 5. The number of likely N-dealkylation sites (tertiary alicyclic amines) is 1. The van der Waals surface area contributed by atoms with Gasteiger partial charge in [-0.25, -0.2) is 9.78 Å². The monoisotopic (exact) mass is 361 g/mol. The fourth-order valence-electron chi connectivity index (χ4n) is 3.07. The average Bonchev–Trinajstić information content (AvgIpc) is 2.95. The fraction of sp³-hybridized carbons (Fsp3) is 0.579. The molecule has 0 unspecified atom stereocenters. The molecule has 1 fully saturated rings. The minimum absolute atomic E-state index is 0.315. The van der Waals surface area contributed by atoms with Gasteiger partial charge in [0.15, 0.2) is 0 Å². The van der Waals surface area contributed by atoms with Crippen LogP contribution in [-0.2, 0) is 11.3 Å². The first kappa shape index (κ1) is 18.1. The van der Waals surface area contributed by atoms with Crippen LogP contribution >= 0.6 is 11.3 Å². The Balaban J connectivity index is 1.42. The Labute approximate surface area is 153 Å². The van der Waals surface area contributed by atoms with Crippen molar-refractivity contribution in [3.8, 4) is 0 Å². The van der Waals surface area contributed by atoms with Crippen molar-refractivity contribution in [3.05, 3.63) is 29.3 Å². The van der Waals surface area contributed by atoms with E-state index in [1.54, 1.807) is 11.3 Å². The first-order valence-electron chi connectivity index (χ1n) is 8.93. The molecule has 25 heavy (non-hydrogen) atoms. The van der Waals surface area contributed by atoms with E-state index in [-0.39, 0.29) is 6.09 Å². The highest BCUT2D eigenvalue weighted by molar-refractivity contribution is 7.18. The molecule has 0 saturated carbocycles. The van der Waals surface area contributed by atoms with Gasteiger partial charge in [-0.1, -0.05) is 12.1 Å². The summed E-state index contributed by atoms with van der Waals surface area (Å²) in [7, 11) is 0. The molecule has 0 atom stereocenters. The van der Waals surface area contributed by atoms with Gasteiger partial charge < -0.3 is 10.1 Å². The molecular formula is C19H27N3O2S. The molecule has 3 rings (SSSR count). The van der Waals surface area contributed by atoms with Crippen molar-refractivity contribution in [1.29, 1.82) is 0 Å². The van der Waals surface area contributed by atoms with E-state index in [0.717, 1.165) is 38.0 Å². The van der Waals surface area contributed by atoms with E-state index < -0.39 is 5.60 Å². The van der Waals surface area contributed by atoms with Crippen molar-refractivity contribution in [2.75, 3.05) is 19.6 Å². The number of ether oxygens (including phenoxy) is 1. The molecule has 0 aliphatic carbocycles. The summed E-state index contributed by atoms with van der Waals surface area (Å²) in [4.78, 5) is 18.9. The lowest BCUT2D eigenvalue weighted by Crippen LogP contribution is -2.40. The van der Waals surface area contributed by atoms with E-state index in [2.05, 4.69) is 28.4 Å². The van der Waals surface area contributed by atoms with E-state index in [1.165, 1.54) is 9.71 Å². The number of carbonyl (C=O) groups excluding carboxylic acids is 1. The average molecular weight is 362 g/mol. The number of rotatable bonds is 4. The second-order valence-corrected chi connectivity index (χ2v) is 8.79. The first-order valence-corrected chi connectivity index (χ1v) is 9.74. The molecule has 0 bridgehead atoms. The molecule has 1 N–H and O–H groups in total. The lowest BCUT2D eigenvalue weighted by molar-refractivity contribution is 0.0509. The smallest absolute Gasteiger partial charge is 0.407 e. The summed E-state index contributed by atoms with van der Waals surface area (Å²) in [6, 6.07) is 8.30. The summed E-state index contributed by atoms with van der Waals surface area (Å²) >= 11 is 1.78. The summed E-state index contributed by atoms with van der Waals surface area (Å²) in [5.74, 6) is 0.527. The number of hydrogen-bond donors (Lipinski definition) is 1. The van der Waals surface area contributed by atoms with Gasteiger partial charge in [-0.15, -0.1) is 11.3 Å². The number of piperidine rings is 1. The van der Waals surface area contributed by atoms with Gasteiger partial charge in [-0.2, -0.15) is 0 Å². The maximum atomic E-state index is 11.7. The minimum atomic E-state index is -0.440. The standard InChI is InChI=1S/C19H27N3O2S/c1-19(2,3)24-18(23)20-12-14-8-10-22(11-9-14)13-17-21-15-6-4-5-7-16(15)25-17/h4-7,14H,8-13H2,1-3H3,(H,20,23). The zero-order valence-electron chi connectivity index (χ0n) is 15.2. The number of alkyl carbamates (subject to hydrolysis) is 1. The van der Waals surface area contributed by atoms with Crippen LogP contribution in [0.4, 0.5) is 4.79 Å². The van der Waals surface area contributed by atoms with E-state index in [9.17, 15) is 4.79 Å². The number of amides is 1. The number of nitrogens with one attached hydrogen (secondary N) is 1. The predicted octanol–water partition coefficient (Wildman–Crippen LogP) is 4.03. The quantitative estimate of drug-likeness (QED) is 0.893. The third-order valence-electron chi connectivity index (χ3n) is 4.34. The number of para-hydroxylation sites is 1. The summed E-state index contributed by atoms with van der Waals surface area (Å²) in [6.07, 6.45) is 1.88. The predicted molar refractivity (Wildman–Crippen MR) is 102 cm³/mol. The van der Waals surface area contributed by atoms with Crippen molar-refractivity contribution in [3.63, 3.8) is 0 Å². The van der Waals surface area contributed by atoms with Crippen molar-refractivity contribution in [1.82, 2.24) is 15.2 Å². The highest BCUT2D eigenvalue weighted by Gasteiger charge is 2.22. The highest BCUT2D eigenvalue weighted by atomic mass is 32.1. The topological polar surface area (TPSA) is 54.5 Å². The van der Waals surface area contributed by atoms with E-state index >= 15 is 0 Å². The van der Waals surface area contributed by atoms with Crippen LogP contribution < -0.4 is 5.32 Å². The molecule has 5 nitrogen and oxygen atoms in total. The molecule has 1 aliphatic heterocycles. The molecular weight excluding hydrogens is 334 g/mol. The second kappa shape index (κ2) is 7.70. The Morgan fingerprint density at radius 1 is 1.32 bits per heavy atom. The molecule has 1 aromatic heterocycles. The Kier molecular flexibility index (Phi) is 5.59. The van der Waals surface area contributed by atoms with Gasteiger partial charge in [0.25, 0.3) is 0 Å². The van der Waals surface area contributed by atoms with Crippen LogP contribution in [0.1, 0.15) is 38.6 Å². The fourth-order valence-corrected chi connectivity index (χ4v) is 4.08. The molecule has 0 radical (unpaired) electrons. The second-order valence-electron chi connectivity index (χ2n) is 7.68. The maximum absolute atomic E-state index is 11.7. The van der Waals surface area contributed by atoms with Crippen LogP contribution in [0.15, 0.2) is 24.3 Å². The van der Waals surface area contributed by atoms with Crippen LogP contribution in [0.3, 0.4) is 0 Å². The van der Waals surface area contributed by atoms with E-state index in [0.29, 0.717) is 12.5 Å². The zero-order chi connectivity index (χ0) is 17.9. The third kappa shape index (κ3) is 5.41. The number of nitrogens with zero attached hydrogens (tertiary/aromatic N) is 2. The summed E-state index contributed by atoms with van der Waals surface area (Å²) < 4.78 is 6.55. The van der Waals surface area contributed by atoms with Crippen LogP contribution in [-0.4, -0.2) is 41.2 Å². The molecule has 136 valence electrons. The number of benzene rings is 1. The van der Waals surface area contributed by atoms with Gasteiger partial charge in [0.2, 0.25) is 0 Å². The maximum Gasteiger partial charge on any atom is 0.407 e. The summed E-state index contributed by atoms with van der Waals surface area (Å²) in [6.45, 7) is 9.37. The van der Waals surface area contributed by atoms with E-state index in [1.807, 2.05) is 26.8 Å². The Bertz CT molecular complexity index is 682. The zero-order valence-corrected chi connectivity index (χ0v) is 16.1. The molecule has 0 spiro atoms. The molecule has 1 aliphatic rings. The first-order chi connectivity index (χ1) is 11.9. The van der Waals surface area contributed by atoms with Crippen LogP contribution in [0.25, 0.3) is 10.2 Å². The lowest BCUT2D eigenvalue weighted by Gasteiger charge is -2.31. The molecule has 1 aromatic carbocycles. The number of aromatic nitrogens is 1. The Morgan fingerprint density at radius 2 is 2.04 bits per heavy atom. The summed E-state index contributed by atoms with van der Waals surface area (Å²) in [5, 5.41) is 4.09. The van der Waals surface area contributed by atoms with Crippen LogP contribution in [0, 0.1) is 5.92 Å². The third-order valence-corrected chi connectivity index (χ3v) is 5.36. The van der Waals surface area contributed by atoms with Gasteiger partial charge in [0.1, 0.15) is 10.6 Å². The van der Waals surface area contributed by atoms with Gasteiger partial charge in [-0.05, 0) is 64.8 Å².